The average Bonchev–Trinajstić information content (AvgIpc) is 3.59. The zero-order chi connectivity index (χ0) is 27.4. The maximum Gasteiger partial charge on any atom is 0.303 e. The Bertz CT molecular complexity index is 914. The van der Waals surface area contributed by atoms with E-state index in [0.717, 1.165) is 22.8 Å². The Morgan fingerprint density at radius 2 is 1.97 bits per heavy atom. The Morgan fingerprint density at radius 1 is 1.27 bits per heavy atom. The van der Waals surface area contributed by atoms with Crippen molar-refractivity contribution in [2.75, 3.05) is 11.0 Å². The minimum Gasteiger partial charge on any atom is -0.459 e. The van der Waals surface area contributed by atoms with Gasteiger partial charge in [0, 0.05) is 23.8 Å². The second-order valence-corrected chi connectivity index (χ2v) is 11.8. The van der Waals surface area contributed by atoms with E-state index in [1.165, 1.54) is 13.0 Å². The van der Waals surface area contributed by atoms with Crippen LogP contribution in [0.3, 0.4) is 0 Å². The van der Waals surface area contributed by atoms with E-state index in [9.17, 15) is 14.7 Å². The molecular formula is C28H42INO7. The number of carbonyl (C=O) groups excluding carboxylic acids is 2. The molecule has 208 valence electrons. The highest BCUT2D eigenvalue weighted by atomic mass is 127. The van der Waals surface area contributed by atoms with Crippen LogP contribution in [0.1, 0.15) is 60.8 Å². The molecule has 0 saturated carbocycles. The number of aliphatic hydroxyl groups excluding tert-OH is 1. The third-order valence-corrected chi connectivity index (χ3v) is 8.99. The molecule has 0 aromatic heterocycles. The van der Waals surface area contributed by atoms with Gasteiger partial charge in [-0.2, -0.15) is 0 Å². The molecule has 3 saturated heterocycles. The van der Waals surface area contributed by atoms with Crippen molar-refractivity contribution in [3.8, 4) is 0 Å². The molecule has 8 nitrogen and oxygen atoms in total. The number of hydrogen-bond acceptors (Lipinski definition) is 7. The van der Waals surface area contributed by atoms with Crippen LogP contribution >= 0.6 is 22.6 Å². The molecule has 0 aromatic carbocycles. The van der Waals surface area contributed by atoms with E-state index in [0.29, 0.717) is 13.0 Å². The summed E-state index contributed by atoms with van der Waals surface area (Å²) in [6, 6.07) is -0.0912. The molecule has 9 heteroatoms. The summed E-state index contributed by atoms with van der Waals surface area (Å²) in [5.74, 6) is -0.347. The summed E-state index contributed by atoms with van der Waals surface area (Å²) in [7, 11) is 0. The lowest BCUT2D eigenvalue weighted by atomic mass is 9.83. The number of aliphatic hydroxyl groups is 1. The van der Waals surface area contributed by atoms with E-state index in [2.05, 4.69) is 47.8 Å². The van der Waals surface area contributed by atoms with Gasteiger partial charge in [0.05, 0.1) is 30.5 Å². The maximum atomic E-state index is 12.3. The number of nitrogens with one attached hydrogen (secondary N) is 1. The van der Waals surface area contributed by atoms with Gasteiger partial charge in [0.25, 0.3) is 0 Å². The number of carbonyl (C=O) groups is 2. The first kappa shape index (κ1) is 30.3. The lowest BCUT2D eigenvalue weighted by Crippen LogP contribution is -2.55. The van der Waals surface area contributed by atoms with E-state index in [-0.39, 0.29) is 41.6 Å². The highest BCUT2D eigenvalue weighted by Gasteiger charge is 2.61. The fraction of sp³-hybridized carbons (Fsp3) is 0.714. The van der Waals surface area contributed by atoms with Crippen LogP contribution in [0.15, 0.2) is 36.0 Å². The first-order chi connectivity index (χ1) is 17.4. The van der Waals surface area contributed by atoms with Crippen molar-refractivity contribution in [2.24, 2.45) is 5.92 Å². The first-order valence-corrected chi connectivity index (χ1v) is 14.6. The van der Waals surface area contributed by atoms with Gasteiger partial charge in [-0.15, -0.1) is 0 Å². The summed E-state index contributed by atoms with van der Waals surface area (Å²) < 4.78 is 24.0. The predicted molar refractivity (Wildman–Crippen MR) is 149 cm³/mol. The Morgan fingerprint density at radius 3 is 2.59 bits per heavy atom. The highest BCUT2D eigenvalue weighted by molar-refractivity contribution is 14.1. The molecule has 1 spiro atoms. The summed E-state index contributed by atoms with van der Waals surface area (Å²) in [4.78, 5) is 23.3. The van der Waals surface area contributed by atoms with Gasteiger partial charge in [-0.25, -0.2) is 0 Å². The standard InChI is InChI=1S/C28H42INO7/c1-17(8-11-24-26(33)28(16-34-28)14-27(6,15-29)37-24)7-10-23-18(2)13-22(20(4)36-23)30-25(32)12-9-19(3)35-21(5)31/h7-9,11-12,18-20,22-24,26,33H,10,13-16H2,1-6H3,(H,30,32)/b11-8+,12-9-,17-7+/t18?,19-,20-,22?,23+,24-,26-,27-,28-/m1/s1. The smallest absolute Gasteiger partial charge is 0.303 e. The molecule has 37 heavy (non-hydrogen) atoms. The van der Waals surface area contributed by atoms with Gasteiger partial charge in [0.1, 0.15) is 23.9 Å². The summed E-state index contributed by atoms with van der Waals surface area (Å²) in [6.45, 7) is 11.9. The van der Waals surface area contributed by atoms with Gasteiger partial charge in [-0.1, -0.05) is 53.3 Å². The molecule has 3 aliphatic heterocycles. The zero-order valence-electron chi connectivity index (χ0n) is 22.7. The topological polar surface area (TPSA) is 107 Å². The summed E-state index contributed by atoms with van der Waals surface area (Å²) in [5.41, 5.74) is 0.302. The molecule has 2 unspecified atom stereocenters. The van der Waals surface area contributed by atoms with Crippen molar-refractivity contribution in [3.05, 3.63) is 36.0 Å². The Kier molecular flexibility index (Phi) is 10.4. The van der Waals surface area contributed by atoms with E-state index in [1.54, 1.807) is 13.0 Å². The molecule has 0 aromatic rings. The Labute approximate surface area is 234 Å². The van der Waals surface area contributed by atoms with E-state index in [4.69, 9.17) is 18.9 Å². The summed E-state index contributed by atoms with van der Waals surface area (Å²) in [5, 5.41) is 13.8. The molecule has 9 atom stereocenters. The fourth-order valence-corrected chi connectivity index (χ4v) is 5.59. The monoisotopic (exact) mass is 631 g/mol. The number of epoxide rings is 1. The summed E-state index contributed by atoms with van der Waals surface area (Å²) in [6.07, 6.45) is 9.75. The lowest BCUT2D eigenvalue weighted by molar-refractivity contribution is -0.167. The summed E-state index contributed by atoms with van der Waals surface area (Å²) >= 11 is 2.33. The molecule has 0 aliphatic carbocycles. The van der Waals surface area contributed by atoms with Gasteiger partial charge in [-0.05, 0) is 52.5 Å². The van der Waals surface area contributed by atoms with E-state index < -0.39 is 23.9 Å². The molecular weight excluding hydrogens is 589 g/mol. The molecule has 1 amide bonds. The largest absolute Gasteiger partial charge is 0.459 e. The maximum absolute atomic E-state index is 12.3. The van der Waals surface area contributed by atoms with Crippen molar-refractivity contribution in [2.45, 2.75) is 109 Å². The van der Waals surface area contributed by atoms with Crippen LogP contribution in [0.2, 0.25) is 0 Å². The van der Waals surface area contributed by atoms with Crippen LogP contribution < -0.4 is 5.32 Å². The van der Waals surface area contributed by atoms with E-state index in [1.807, 2.05) is 26.0 Å². The molecule has 2 N–H and O–H groups in total. The molecule has 3 rings (SSSR count). The molecule has 3 heterocycles. The molecule has 0 bridgehead atoms. The fourth-order valence-electron chi connectivity index (χ4n) is 5.14. The second-order valence-electron chi connectivity index (χ2n) is 11.1. The van der Waals surface area contributed by atoms with Gasteiger partial charge in [-0.3, -0.25) is 9.59 Å². The zero-order valence-corrected chi connectivity index (χ0v) is 24.9. The number of halogens is 1. The minimum atomic E-state index is -0.665. The average molecular weight is 632 g/mol. The van der Waals surface area contributed by atoms with Crippen LogP contribution in [-0.4, -0.2) is 75.8 Å². The number of esters is 1. The van der Waals surface area contributed by atoms with Gasteiger partial charge in [0.2, 0.25) is 5.91 Å². The predicted octanol–water partition coefficient (Wildman–Crippen LogP) is 3.80. The third-order valence-electron chi connectivity index (χ3n) is 7.38. The van der Waals surface area contributed by atoms with E-state index >= 15 is 0 Å². The number of amides is 1. The number of ether oxygens (including phenoxy) is 4. The van der Waals surface area contributed by atoms with Crippen LogP contribution in [0.25, 0.3) is 0 Å². The van der Waals surface area contributed by atoms with Crippen LogP contribution in [0.5, 0.6) is 0 Å². The molecule has 0 radical (unpaired) electrons. The van der Waals surface area contributed by atoms with Crippen molar-refractivity contribution in [3.63, 3.8) is 0 Å². The third kappa shape index (κ3) is 8.36. The van der Waals surface area contributed by atoms with Gasteiger partial charge in [0.15, 0.2) is 0 Å². The Hall–Kier alpha value is -1.27. The Balaban J connectivity index is 1.50. The van der Waals surface area contributed by atoms with Crippen LogP contribution in [0, 0.1) is 5.92 Å². The minimum absolute atomic E-state index is 0.0491. The van der Waals surface area contributed by atoms with Crippen LogP contribution in [0.4, 0.5) is 0 Å². The molecule has 3 aliphatic rings. The van der Waals surface area contributed by atoms with Crippen molar-refractivity contribution in [1.29, 1.82) is 0 Å². The second kappa shape index (κ2) is 12.7. The van der Waals surface area contributed by atoms with Crippen molar-refractivity contribution < 1.29 is 33.6 Å². The quantitative estimate of drug-likeness (QED) is 0.0997. The number of alkyl halides is 1. The lowest BCUT2D eigenvalue weighted by Gasteiger charge is -2.43. The van der Waals surface area contributed by atoms with Gasteiger partial charge < -0.3 is 29.4 Å². The van der Waals surface area contributed by atoms with Crippen molar-refractivity contribution in [1.82, 2.24) is 5.32 Å². The molecule has 3 fully saturated rings. The number of hydrogen-bond donors (Lipinski definition) is 2. The van der Waals surface area contributed by atoms with Crippen molar-refractivity contribution >= 4 is 34.5 Å². The highest BCUT2D eigenvalue weighted by Crippen LogP contribution is 2.47. The normalized spacial score (nSPS) is 39.2. The SMILES string of the molecule is CC(=O)O[C@H](C)/C=C\C(=O)NC1CC(C)[C@H](C/C=C(C)/C=C/[C@H]2O[C@@](C)(CI)C[C@@]3(CO3)[C@@H]2O)O[C@@H]1C. The number of rotatable bonds is 9. The first-order valence-electron chi connectivity index (χ1n) is 13.1. The van der Waals surface area contributed by atoms with Gasteiger partial charge >= 0.3 is 5.97 Å². The van der Waals surface area contributed by atoms with Crippen LogP contribution in [-0.2, 0) is 28.5 Å². The number of allylic oxidation sites excluding steroid dienone is 2.